The minimum Gasteiger partial charge on any atom is -0.198 e. The number of benzene rings is 1. The topological polar surface area (TPSA) is 23.8 Å². The van der Waals surface area contributed by atoms with Crippen molar-refractivity contribution in [3.63, 3.8) is 0 Å². The summed E-state index contributed by atoms with van der Waals surface area (Å²) in [5, 5.41) is 8.89. The summed E-state index contributed by atoms with van der Waals surface area (Å²) in [7, 11) is 0. The fraction of sp³-hybridized carbons (Fsp3) is 0.364. The Morgan fingerprint density at radius 3 is 3.00 bits per heavy atom. The van der Waals surface area contributed by atoms with E-state index >= 15 is 0 Å². The van der Waals surface area contributed by atoms with Gasteiger partial charge in [-0.2, -0.15) is 5.26 Å². The van der Waals surface area contributed by atoms with Crippen LogP contribution >= 0.6 is 0 Å². The minimum absolute atomic E-state index is 0.148. The van der Waals surface area contributed by atoms with Crippen molar-refractivity contribution in [2.24, 2.45) is 0 Å². The zero-order valence-corrected chi connectivity index (χ0v) is 6.96. The predicted octanol–water partition coefficient (Wildman–Crippen LogP) is 2.63. The van der Waals surface area contributed by atoms with Gasteiger partial charge >= 0.3 is 0 Å². The molecule has 0 fully saturated rings. The monoisotopic (exact) mass is 157 g/mol. The second-order valence-electron chi connectivity index (χ2n) is 3.27. The van der Waals surface area contributed by atoms with Gasteiger partial charge in [-0.05, 0) is 30.4 Å². The Kier molecular flexibility index (Phi) is 1.83. The first-order valence-electron chi connectivity index (χ1n) is 4.39. The number of nitrogens with zero attached hydrogens (tertiary/aromatic N) is 1. The van der Waals surface area contributed by atoms with Crippen LogP contribution in [0.15, 0.2) is 24.3 Å². The summed E-state index contributed by atoms with van der Waals surface area (Å²) in [4.78, 5) is 0. The normalized spacial score (nSPS) is 21.1. The molecule has 60 valence electrons. The molecule has 1 aliphatic rings. The summed E-state index contributed by atoms with van der Waals surface area (Å²) in [5.74, 6) is 0.148. The number of nitriles is 1. The lowest BCUT2D eigenvalue weighted by atomic mass is 9.84. The quantitative estimate of drug-likeness (QED) is 0.568. The zero-order chi connectivity index (χ0) is 8.39. The Labute approximate surface area is 72.6 Å². The molecule has 0 N–H and O–H groups in total. The molecule has 0 spiro atoms. The Bertz CT molecular complexity index is 322. The van der Waals surface area contributed by atoms with Gasteiger partial charge in [0, 0.05) is 0 Å². The van der Waals surface area contributed by atoms with E-state index in [0.29, 0.717) is 0 Å². The van der Waals surface area contributed by atoms with Crippen LogP contribution in [0.5, 0.6) is 0 Å². The molecule has 0 saturated heterocycles. The minimum atomic E-state index is 0.148. The van der Waals surface area contributed by atoms with Crippen LogP contribution in [0.2, 0.25) is 0 Å². The second kappa shape index (κ2) is 2.98. The standard InChI is InChI=1S/C11H11N/c12-8-10-6-3-5-9-4-1-2-7-11(9)10/h1-2,4,7,10H,3,5-6H2/t10-/m0/s1. The highest BCUT2D eigenvalue weighted by Gasteiger charge is 2.18. The largest absolute Gasteiger partial charge is 0.198 e. The molecule has 1 nitrogen and oxygen atoms in total. The van der Waals surface area contributed by atoms with Crippen molar-refractivity contribution in [2.75, 3.05) is 0 Å². The van der Waals surface area contributed by atoms with Gasteiger partial charge in [-0.15, -0.1) is 0 Å². The van der Waals surface area contributed by atoms with Gasteiger partial charge in [0.25, 0.3) is 0 Å². The highest BCUT2D eigenvalue weighted by molar-refractivity contribution is 5.35. The Morgan fingerprint density at radius 1 is 1.33 bits per heavy atom. The molecule has 0 aromatic heterocycles. The summed E-state index contributed by atoms with van der Waals surface area (Å²) in [6, 6.07) is 10.7. The molecule has 0 unspecified atom stereocenters. The van der Waals surface area contributed by atoms with Gasteiger partial charge in [0.15, 0.2) is 0 Å². The third-order valence-electron chi connectivity index (χ3n) is 2.53. The Morgan fingerprint density at radius 2 is 2.17 bits per heavy atom. The van der Waals surface area contributed by atoms with Crippen LogP contribution in [-0.2, 0) is 6.42 Å². The molecule has 0 aliphatic heterocycles. The summed E-state index contributed by atoms with van der Waals surface area (Å²) >= 11 is 0. The van der Waals surface area contributed by atoms with Crippen LogP contribution in [0.25, 0.3) is 0 Å². The summed E-state index contributed by atoms with van der Waals surface area (Å²) in [5.41, 5.74) is 2.63. The SMILES string of the molecule is N#C[C@@H]1CCCc2ccccc21. The lowest BCUT2D eigenvalue weighted by Gasteiger charge is -2.19. The van der Waals surface area contributed by atoms with Crippen molar-refractivity contribution in [3.05, 3.63) is 35.4 Å². The number of rotatable bonds is 0. The van der Waals surface area contributed by atoms with E-state index in [2.05, 4.69) is 24.3 Å². The van der Waals surface area contributed by atoms with Crippen molar-refractivity contribution in [1.29, 1.82) is 5.26 Å². The number of hydrogen-bond donors (Lipinski definition) is 0. The van der Waals surface area contributed by atoms with Gasteiger partial charge in [-0.3, -0.25) is 0 Å². The van der Waals surface area contributed by atoms with Crippen LogP contribution in [0.3, 0.4) is 0 Å². The lowest BCUT2D eigenvalue weighted by molar-refractivity contribution is 0.637. The smallest absolute Gasteiger partial charge is 0.0715 e. The van der Waals surface area contributed by atoms with E-state index in [1.807, 2.05) is 6.07 Å². The molecular weight excluding hydrogens is 146 g/mol. The van der Waals surface area contributed by atoms with Gasteiger partial charge in [0.1, 0.15) is 0 Å². The fourth-order valence-corrected chi connectivity index (χ4v) is 1.89. The molecule has 1 heteroatoms. The van der Waals surface area contributed by atoms with Gasteiger partial charge in [-0.25, -0.2) is 0 Å². The maximum atomic E-state index is 8.89. The van der Waals surface area contributed by atoms with E-state index in [4.69, 9.17) is 5.26 Å². The average molecular weight is 157 g/mol. The number of aryl methyl sites for hydroxylation is 1. The molecule has 0 bridgehead atoms. The second-order valence-corrected chi connectivity index (χ2v) is 3.27. The third-order valence-corrected chi connectivity index (χ3v) is 2.53. The number of hydrogen-bond acceptors (Lipinski definition) is 1. The van der Waals surface area contributed by atoms with E-state index in [9.17, 15) is 0 Å². The molecule has 1 atom stereocenters. The Balaban J connectivity index is 2.45. The fourth-order valence-electron chi connectivity index (χ4n) is 1.89. The van der Waals surface area contributed by atoms with Crippen molar-refractivity contribution in [1.82, 2.24) is 0 Å². The highest BCUT2D eigenvalue weighted by atomic mass is 14.3. The first kappa shape index (κ1) is 7.36. The van der Waals surface area contributed by atoms with Crippen molar-refractivity contribution >= 4 is 0 Å². The van der Waals surface area contributed by atoms with E-state index in [1.165, 1.54) is 11.1 Å². The molecule has 1 aliphatic carbocycles. The average Bonchev–Trinajstić information content (AvgIpc) is 2.17. The van der Waals surface area contributed by atoms with E-state index in [-0.39, 0.29) is 5.92 Å². The molecule has 0 radical (unpaired) electrons. The molecule has 12 heavy (non-hydrogen) atoms. The maximum Gasteiger partial charge on any atom is 0.0715 e. The first-order chi connectivity index (χ1) is 5.92. The third kappa shape index (κ3) is 1.10. The van der Waals surface area contributed by atoms with E-state index in [1.54, 1.807) is 0 Å². The van der Waals surface area contributed by atoms with Gasteiger partial charge < -0.3 is 0 Å². The van der Waals surface area contributed by atoms with Crippen LogP contribution in [-0.4, -0.2) is 0 Å². The van der Waals surface area contributed by atoms with Gasteiger partial charge in [0.2, 0.25) is 0 Å². The van der Waals surface area contributed by atoms with Crippen LogP contribution < -0.4 is 0 Å². The molecule has 2 rings (SSSR count). The van der Waals surface area contributed by atoms with Crippen molar-refractivity contribution in [2.45, 2.75) is 25.2 Å². The van der Waals surface area contributed by atoms with Crippen LogP contribution in [0, 0.1) is 11.3 Å². The van der Waals surface area contributed by atoms with Crippen molar-refractivity contribution < 1.29 is 0 Å². The summed E-state index contributed by atoms with van der Waals surface area (Å²) in [6.07, 6.45) is 3.34. The lowest BCUT2D eigenvalue weighted by Crippen LogP contribution is -2.07. The molecule has 1 aromatic rings. The van der Waals surface area contributed by atoms with Gasteiger partial charge in [0.05, 0.1) is 12.0 Å². The van der Waals surface area contributed by atoms with Crippen LogP contribution in [0.1, 0.15) is 29.9 Å². The molecule has 0 amide bonds. The predicted molar refractivity (Wildman–Crippen MR) is 47.7 cm³/mol. The van der Waals surface area contributed by atoms with E-state index in [0.717, 1.165) is 19.3 Å². The maximum absolute atomic E-state index is 8.89. The molecule has 1 aromatic carbocycles. The zero-order valence-electron chi connectivity index (χ0n) is 6.96. The molecule has 0 heterocycles. The number of fused-ring (bicyclic) bond motifs is 1. The summed E-state index contributed by atoms with van der Waals surface area (Å²) < 4.78 is 0. The van der Waals surface area contributed by atoms with Crippen molar-refractivity contribution in [3.8, 4) is 6.07 Å². The molecule has 0 saturated carbocycles. The first-order valence-corrected chi connectivity index (χ1v) is 4.39. The van der Waals surface area contributed by atoms with Gasteiger partial charge in [-0.1, -0.05) is 24.3 Å². The highest BCUT2D eigenvalue weighted by Crippen LogP contribution is 2.30. The summed E-state index contributed by atoms with van der Waals surface area (Å²) in [6.45, 7) is 0. The van der Waals surface area contributed by atoms with E-state index < -0.39 is 0 Å². The van der Waals surface area contributed by atoms with Crippen LogP contribution in [0.4, 0.5) is 0 Å². The molecular formula is C11H11N. The Hall–Kier alpha value is -1.29.